The fourth-order valence-electron chi connectivity index (χ4n) is 4.43. The summed E-state index contributed by atoms with van der Waals surface area (Å²) in [5.41, 5.74) is 3.98. The van der Waals surface area contributed by atoms with Crippen LogP contribution in [-0.4, -0.2) is 53.5 Å². The Morgan fingerprint density at radius 3 is 2.37 bits per heavy atom. The molecule has 0 aliphatic rings. The fraction of sp³-hybridized carbons (Fsp3) is 0.290. The molecule has 3 aromatic carbocycles. The van der Waals surface area contributed by atoms with Crippen molar-refractivity contribution in [1.82, 2.24) is 14.8 Å². The molecule has 1 aromatic heterocycles. The van der Waals surface area contributed by atoms with E-state index >= 15 is 0 Å². The van der Waals surface area contributed by atoms with Crippen LogP contribution >= 0.6 is 0 Å². The van der Waals surface area contributed by atoms with Crippen LogP contribution in [0.5, 0.6) is 5.75 Å². The molecule has 1 heterocycles. The van der Waals surface area contributed by atoms with E-state index in [4.69, 9.17) is 4.74 Å². The Morgan fingerprint density at radius 1 is 0.895 bits per heavy atom. The zero-order chi connectivity index (χ0) is 26.7. The molecule has 0 aliphatic carbocycles. The van der Waals surface area contributed by atoms with Crippen molar-refractivity contribution in [3.8, 4) is 5.75 Å². The standard InChI is InChI=1S/C31H36N4O3/c1-3-4-19-35(31(37)33-26-14-16-27(38-2)17-15-26)23-30(36)34(22-24-10-6-5-7-11-24)20-18-25-21-32-29-13-9-8-12-28(25)29/h5-17,21,32H,3-4,18-20,22-23H2,1-2H3,(H,33,37). The molecule has 7 heteroatoms. The number of carbonyl (C=O) groups is 2. The number of aromatic amines is 1. The Bertz CT molecular complexity index is 1320. The first-order valence-electron chi connectivity index (χ1n) is 13.1. The summed E-state index contributed by atoms with van der Waals surface area (Å²) in [5, 5.41) is 4.10. The van der Waals surface area contributed by atoms with Crippen molar-refractivity contribution in [3.05, 3.63) is 96.2 Å². The number of benzene rings is 3. The zero-order valence-corrected chi connectivity index (χ0v) is 22.2. The number of para-hydroxylation sites is 1. The summed E-state index contributed by atoms with van der Waals surface area (Å²) in [5.74, 6) is 0.641. The van der Waals surface area contributed by atoms with Crippen LogP contribution < -0.4 is 10.1 Å². The predicted molar refractivity (Wildman–Crippen MR) is 152 cm³/mol. The van der Waals surface area contributed by atoms with Crippen LogP contribution in [0.1, 0.15) is 30.9 Å². The van der Waals surface area contributed by atoms with Crippen molar-refractivity contribution >= 4 is 28.5 Å². The maximum absolute atomic E-state index is 13.7. The topological polar surface area (TPSA) is 77.7 Å². The SMILES string of the molecule is CCCCN(CC(=O)N(CCc1c[nH]c2ccccc12)Cc1ccccc1)C(=O)Nc1ccc(OC)cc1. The van der Waals surface area contributed by atoms with Gasteiger partial charge in [0.15, 0.2) is 0 Å². The van der Waals surface area contributed by atoms with E-state index in [0.717, 1.165) is 30.3 Å². The number of fused-ring (bicyclic) bond motifs is 1. The van der Waals surface area contributed by atoms with Crippen LogP contribution in [0.3, 0.4) is 0 Å². The van der Waals surface area contributed by atoms with Crippen LogP contribution in [0.15, 0.2) is 85.1 Å². The van der Waals surface area contributed by atoms with Gasteiger partial charge in [-0.15, -0.1) is 0 Å². The minimum atomic E-state index is -0.284. The van der Waals surface area contributed by atoms with Gasteiger partial charge in [0.2, 0.25) is 5.91 Å². The first-order chi connectivity index (χ1) is 18.6. The Balaban J connectivity index is 1.48. The van der Waals surface area contributed by atoms with Gasteiger partial charge in [0.25, 0.3) is 0 Å². The summed E-state index contributed by atoms with van der Waals surface area (Å²) in [6, 6.07) is 25.1. The minimum Gasteiger partial charge on any atom is -0.497 e. The summed E-state index contributed by atoms with van der Waals surface area (Å²) < 4.78 is 5.20. The van der Waals surface area contributed by atoms with E-state index < -0.39 is 0 Å². The molecule has 38 heavy (non-hydrogen) atoms. The number of nitrogens with zero attached hydrogens (tertiary/aromatic N) is 2. The third kappa shape index (κ3) is 7.16. The molecule has 0 fully saturated rings. The average Bonchev–Trinajstić information content (AvgIpc) is 3.37. The van der Waals surface area contributed by atoms with E-state index in [1.54, 1.807) is 36.3 Å². The van der Waals surface area contributed by atoms with Crippen LogP contribution in [0.25, 0.3) is 10.9 Å². The fourth-order valence-corrected chi connectivity index (χ4v) is 4.43. The number of anilines is 1. The van der Waals surface area contributed by atoms with Gasteiger partial charge in [-0.3, -0.25) is 4.79 Å². The molecule has 198 valence electrons. The highest BCUT2D eigenvalue weighted by molar-refractivity contribution is 5.92. The number of nitrogens with one attached hydrogen (secondary N) is 2. The second-order valence-corrected chi connectivity index (χ2v) is 9.34. The van der Waals surface area contributed by atoms with Crippen molar-refractivity contribution in [2.45, 2.75) is 32.7 Å². The monoisotopic (exact) mass is 512 g/mol. The molecule has 0 unspecified atom stereocenters. The van der Waals surface area contributed by atoms with E-state index in [9.17, 15) is 9.59 Å². The highest BCUT2D eigenvalue weighted by atomic mass is 16.5. The maximum atomic E-state index is 13.7. The quantitative estimate of drug-likeness (QED) is 0.241. The van der Waals surface area contributed by atoms with Gasteiger partial charge in [-0.05, 0) is 54.3 Å². The summed E-state index contributed by atoms with van der Waals surface area (Å²) in [4.78, 5) is 33.6. The number of hydrogen-bond acceptors (Lipinski definition) is 3. The third-order valence-electron chi connectivity index (χ3n) is 6.63. The van der Waals surface area contributed by atoms with Gasteiger partial charge in [-0.25, -0.2) is 4.79 Å². The number of carbonyl (C=O) groups excluding carboxylic acids is 2. The Labute approximate surface area is 224 Å². The smallest absolute Gasteiger partial charge is 0.322 e. The van der Waals surface area contributed by atoms with Crippen molar-refractivity contribution in [2.24, 2.45) is 0 Å². The normalized spacial score (nSPS) is 10.8. The van der Waals surface area contributed by atoms with E-state index in [0.29, 0.717) is 31.1 Å². The summed E-state index contributed by atoms with van der Waals surface area (Å²) in [7, 11) is 1.60. The number of urea groups is 1. The molecule has 0 spiro atoms. The third-order valence-corrected chi connectivity index (χ3v) is 6.63. The number of rotatable bonds is 12. The van der Waals surface area contributed by atoms with Gasteiger partial charge in [0.05, 0.1) is 7.11 Å². The number of amides is 3. The number of unbranched alkanes of at least 4 members (excludes halogenated alkanes) is 1. The molecular formula is C31H36N4O3. The number of aromatic nitrogens is 1. The molecule has 0 atom stereocenters. The number of methoxy groups -OCH3 is 1. The molecule has 2 N–H and O–H groups in total. The van der Waals surface area contributed by atoms with Crippen molar-refractivity contribution in [2.75, 3.05) is 32.1 Å². The minimum absolute atomic E-state index is 0.0166. The van der Waals surface area contributed by atoms with Crippen LogP contribution in [0.2, 0.25) is 0 Å². The lowest BCUT2D eigenvalue weighted by atomic mass is 10.1. The van der Waals surface area contributed by atoms with E-state index in [1.807, 2.05) is 53.6 Å². The van der Waals surface area contributed by atoms with Crippen LogP contribution in [-0.2, 0) is 17.8 Å². The molecule has 7 nitrogen and oxygen atoms in total. The maximum Gasteiger partial charge on any atom is 0.322 e. The second kappa shape index (κ2) is 13.3. The average molecular weight is 513 g/mol. The summed E-state index contributed by atoms with van der Waals surface area (Å²) in [6.45, 7) is 3.64. The largest absolute Gasteiger partial charge is 0.497 e. The first kappa shape index (κ1) is 26.8. The summed E-state index contributed by atoms with van der Waals surface area (Å²) >= 11 is 0. The van der Waals surface area contributed by atoms with Crippen molar-refractivity contribution in [3.63, 3.8) is 0 Å². The number of ether oxygens (including phenoxy) is 1. The number of hydrogen-bond donors (Lipinski definition) is 2. The molecule has 0 saturated heterocycles. The summed E-state index contributed by atoms with van der Waals surface area (Å²) in [6.07, 6.45) is 4.48. The van der Waals surface area contributed by atoms with E-state index in [-0.39, 0.29) is 18.5 Å². The zero-order valence-electron chi connectivity index (χ0n) is 22.2. The van der Waals surface area contributed by atoms with Gasteiger partial charge < -0.3 is 24.8 Å². The Hall–Kier alpha value is -4.26. The van der Waals surface area contributed by atoms with Crippen molar-refractivity contribution in [1.29, 1.82) is 0 Å². The van der Waals surface area contributed by atoms with Gasteiger partial charge in [-0.2, -0.15) is 0 Å². The van der Waals surface area contributed by atoms with Gasteiger partial charge >= 0.3 is 6.03 Å². The van der Waals surface area contributed by atoms with Crippen LogP contribution in [0, 0.1) is 0 Å². The molecule has 4 aromatic rings. The Morgan fingerprint density at radius 2 is 1.63 bits per heavy atom. The van der Waals surface area contributed by atoms with E-state index in [2.05, 4.69) is 29.4 Å². The molecule has 4 rings (SSSR count). The highest BCUT2D eigenvalue weighted by Gasteiger charge is 2.22. The van der Waals surface area contributed by atoms with Gasteiger partial charge in [-0.1, -0.05) is 61.9 Å². The van der Waals surface area contributed by atoms with Crippen molar-refractivity contribution < 1.29 is 14.3 Å². The highest BCUT2D eigenvalue weighted by Crippen LogP contribution is 2.19. The molecule has 0 radical (unpaired) electrons. The first-order valence-corrected chi connectivity index (χ1v) is 13.1. The lowest BCUT2D eigenvalue weighted by molar-refractivity contribution is -0.132. The molecule has 0 saturated carbocycles. The van der Waals surface area contributed by atoms with Gasteiger partial charge in [0, 0.05) is 42.4 Å². The van der Waals surface area contributed by atoms with E-state index in [1.165, 1.54) is 10.9 Å². The molecule has 3 amide bonds. The molecule has 0 aliphatic heterocycles. The molecular weight excluding hydrogens is 476 g/mol. The predicted octanol–water partition coefficient (Wildman–Crippen LogP) is 6.08. The lowest BCUT2D eigenvalue weighted by Gasteiger charge is -2.28. The Kier molecular flexibility index (Phi) is 9.40. The molecule has 0 bridgehead atoms. The van der Waals surface area contributed by atoms with Crippen LogP contribution in [0.4, 0.5) is 10.5 Å². The second-order valence-electron chi connectivity index (χ2n) is 9.34. The lowest BCUT2D eigenvalue weighted by Crippen LogP contribution is -2.45. The number of H-pyrrole nitrogens is 1. The van der Waals surface area contributed by atoms with Gasteiger partial charge in [0.1, 0.15) is 12.3 Å².